The minimum absolute atomic E-state index is 0. The minimum atomic E-state index is -0.218. The Kier molecular flexibility index (Phi) is 15.9. The van der Waals surface area contributed by atoms with Crippen LogP contribution in [0, 0.1) is 5.82 Å². The van der Waals surface area contributed by atoms with Gasteiger partial charge in [-0.3, -0.25) is 9.89 Å². The summed E-state index contributed by atoms with van der Waals surface area (Å²) in [6.45, 7) is 9.43. The van der Waals surface area contributed by atoms with Crippen LogP contribution in [0.15, 0.2) is 29.3 Å². The third kappa shape index (κ3) is 11.4. The third-order valence-corrected chi connectivity index (χ3v) is 4.95. The van der Waals surface area contributed by atoms with Gasteiger partial charge in [-0.05, 0) is 37.5 Å². The summed E-state index contributed by atoms with van der Waals surface area (Å²) in [6.07, 6.45) is 1.99. The molecule has 2 N–H and O–H groups in total. The maximum Gasteiger partial charge on any atom is 0.191 e. The molecule has 0 saturated carbocycles. The lowest BCUT2D eigenvalue weighted by atomic mass is 10.0. The molecule has 2 rings (SSSR count). The number of aliphatic imine (C=N–C) groups is 1. The van der Waals surface area contributed by atoms with Crippen LogP contribution in [-0.4, -0.2) is 83.7 Å². The summed E-state index contributed by atoms with van der Waals surface area (Å²) in [6, 6.07) is 6.85. The molecule has 1 aliphatic heterocycles. The van der Waals surface area contributed by atoms with Gasteiger partial charge in [-0.25, -0.2) is 4.39 Å². The van der Waals surface area contributed by atoms with Crippen molar-refractivity contribution >= 4 is 29.9 Å². The van der Waals surface area contributed by atoms with E-state index >= 15 is 0 Å². The van der Waals surface area contributed by atoms with Crippen molar-refractivity contribution in [3.63, 3.8) is 0 Å². The number of hydrogen-bond donors (Lipinski definition) is 2. The number of hydrogen-bond acceptors (Lipinski definition) is 5. The molecule has 7 nitrogen and oxygen atoms in total. The highest BCUT2D eigenvalue weighted by molar-refractivity contribution is 14.0. The van der Waals surface area contributed by atoms with Crippen LogP contribution < -0.4 is 10.6 Å². The molecule has 0 bridgehead atoms. The van der Waals surface area contributed by atoms with Gasteiger partial charge >= 0.3 is 0 Å². The predicted octanol–water partition coefficient (Wildman–Crippen LogP) is 2.82. The number of benzene rings is 1. The van der Waals surface area contributed by atoms with Gasteiger partial charge < -0.3 is 24.8 Å². The Morgan fingerprint density at radius 3 is 2.55 bits per heavy atom. The van der Waals surface area contributed by atoms with E-state index in [4.69, 9.17) is 19.2 Å². The fourth-order valence-electron chi connectivity index (χ4n) is 3.31. The van der Waals surface area contributed by atoms with E-state index in [1.54, 1.807) is 7.11 Å². The molecule has 1 aromatic carbocycles. The maximum absolute atomic E-state index is 13.4. The molecule has 0 spiro atoms. The van der Waals surface area contributed by atoms with E-state index in [-0.39, 0.29) is 35.8 Å². The summed E-state index contributed by atoms with van der Waals surface area (Å²) in [7, 11) is 1.68. The Morgan fingerprint density at radius 1 is 1.13 bits per heavy atom. The number of unbranched alkanes of at least 4 members (excludes halogenated alkanes) is 1. The van der Waals surface area contributed by atoms with Crippen molar-refractivity contribution in [1.82, 2.24) is 15.5 Å². The van der Waals surface area contributed by atoms with Gasteiger partial charge in [-0.1, -0.05) is 12.1 Å². The Labute approximate surface area is 203 Å². The van der Waals surface area contributed by atoms with Gasteiger partial charge in [0.2, 0.25) is 0 Å². The van der Waals surface area contributed by atoms with Crippen molar-refractivity contribution in [1.29, 1.82) is 0 Å². The number of rotatable bonds is 13. The summed E-state index contributed by atoms with van der Waals surface area (Å²) in [5.74, 6) is 0.586. The molecule has 0 radical (unpaired) electrons. The van der Waals surface area contributed by atoms with Crippen LogP contribution in [0.2, 0.25) is 0 Å². The number of nitrogens with one attached hydrogen (secondary N) is 2. The van der Waals surface area contributed by atoms with Crippen molar-refractivity contribution in [3.8, 4) is 0 Å². The predicted molar refractivity (Wildman–Crippen MR) is 133 cm³/mol. The largest absolute Gasteiger partial charge is 0.382 e. The fraction of sp³-hybridized carbons (Fsp3) is 0.682. The summed E-state index contributed by atoms with van der Waals surface area (Å²) in [4.78, 5) is 7.18. The van der Waals surface area contributed by atoms with E-state index < -0.39 is 0 Å². The normalized spacial score (nSPS) is 15.9. The molecule has 1 saturated heterocycles. The smallest absolute Gasteiger partial charge is 0.191 e. The number of ether oxygens (including phenoxy) is 3. The van der Waals surface area contributed by atoms with Gasteiger partial charge in [-0.2, -0.15) is 0 Å². The summed E-state index contributed by atoms with van der Waals surface area (Å²) in [5.41, 5.74) is 1.08. The molecule has 0 aliphatic carbocycles. The number of methoxy groups -OCH3 is 1. The molecule has 1 aromatic rings. The van der Waals surface area contributed by atoms with Crippen LogP contribution in [0.25, 0.3) is 0 Å². The van der Waals surface area contributed by atoms with Gasteiger partial charge in [0.1, 0.15) is 5.82 Å². The zero-order valence-electron chi connectivity index (χ0n) is 18.8. The zero-order chi connectivity index (χ0) is 21.4. The van der Waals surface area contributed by atoms with Crippen molar-refractivity contribution in [2.24, 2.45) is 4.99 Å². The molecule has 0 amide bonds. The van der Waals surface area contributed by atoms with Gasteiger partial charge in [0.25, 0.3) is 0 Å². The number of guanidine groups is 1. The fourth-order valence-corrected chi connectivity index (χ4v) is 3.31. The van der Waals surface area contributed by atoms with Gasteiger partial charge in [0, 0.05) is 39.9 Å². The molecule has 178 valence electrons. The number of morpholine rings is 1. The highest BCUT2D eigenvalue weighted by atomic mass is 127. The minimum Gasteiger partial charge on any atom is -0.382 e. The van der Waals surface area contributed by atoms with Crippen molar-refractivity contribution in [3.05, 3.63) is 35.6 Å². The summed E-state index contributed by atoms with van der Waals surface area (Å²) < 4.78 is 29.4. The van der Waals surface area contributed by atoms with Crippen LogP contribution in [0.5, 0.6) is 0 Å². The van der Waals surface area contributed by atoms with Crippen LogP contribution in [0.3, 0.4) is 0 Å². The van der Waals surface area contributed by atoms with E-state index in [0.29, 0.717) is 33.0 Å². The maximum atomic E-state index is 13.4. The van der Waals surface area contributed by atoms with Gasteiger partial charge in [0.15, 0.2) is 5.96 Å². The Morgan fingerprint density at radius 2 is 1.87 bits per heavy atom. The second-order valence-electron chi connectivity index (χ2n) is 7.17. The second kappa shape index (κ2) is 17.5. The Bertz CT molecular complexity index is 601. The van der Waals surface area contributed by atoms with E-state index in [0.717, 1.165) is 57.2 Å². The Balaban J connectivity index is 0.00000480. The molecule has 1 fully saturated rings. The summed E-state index contributed by atoms with van der Waals surface area (Å²) >= 11 is 0. The first-order valence-electron chi connectivity index (χ1n) is 10.9. The van der Waals surface area contributed by atoms with Gasteiger partial charge in [-0.15, -0.1) is 24.0 Å². The first-order valence-corrected chi connectivity index (χ1v) is 10.9. The summed E-state index contributed by atoms with van der Waals surface area (Å²) in [5, 5.41) is 6.71. The lowest BCUT2D eigenvalue weighted by Gasteiger charge is -2.34. The molecule has 0 aromatic heterocycles. The average molecular weight is 552 g/mol. The van der Waals surface area contributed by atoms with E-state index in [1.165, 1.54) is 12.1 Å². The third-order valence-electron chi connectivity index (χ3n) is 4.95. The number of halogens is 2. The van der Waals surface area contributed by atoms with E-state index in [1.807, 2.05) is 12.1 Å². The van der Waals surface area contributed by atoms with E-state index in [2.05, 4.69) is 22.5 Å². The molecule has 1 atom stereocenters. The Hall–Kier alpha value is -1.01. The van der Waals surface area contributed by atoms with Crippen LogP contribution >= 0.6 is 24.0 Å². The number of nitrogens with zero attached hydrogens (tertiary/aromatic N) is 2. The van der Waals surface area contributed by atoms with Crippen molar-refractivity contribution < 1.29 is 18.6 Å². The molecule has 1 aliphatic rings. The zero-order valence-corrected chi connectivity index (χ0v) is 21.1. The topological polar surface area (TPSA) is 67.4 Å². The molecular weight excluding hydrogens is 514 g/mol. The monoisotopic (exact) mass is 552 g/mol. The molecule has 1 unspecified atom stereocenters. The standard InChI is InChI=1S/C22H37FN4O3.HI/c1-3-24-22(25-10-4-5-13-29-17-16-28-2)26-18-21(27-11-14-30-15-12-27)19-6-8-20(23)9-7-19;/h6-9,21H,3-5,10-18H2,1-2H3,(H2,24,25,26);1H. The van der Waals surface area contributed by atoms with Gasteiger partial charge in [0.05, 0.1) is 39.0 Å². The van der Waals surface area contributed by atoms with Crippen LogP contribution in [0.1, 0.15) is 31.4 Å². The first kappa shape index (κ1) is 28.0. The quantitative estimate of drug-likeness (QED) is 0.170. The second-order valence-corrected chi connectivity index (χ2v) is 7.17. The highest BCUT2D eigenvalue weighted by Gasteiger charge is 2.22. The van der Waals surface area contributed by atoms with E-state index in [9.17, 15) is 4.39 Å². The highest BCUT2D eigenvalue weighted by Crippen LogP contribution is 2.22. The van der Waals surface area contributed by atoms with Crippen molar-refractivity contribution in [2.75, 3.05) is 72.9 Å². The SMILES string of the molecule is CCNC(=NCC(c1ccc(F)cc1)N1CCOCC1)NCCCCOCCOC.I. The first-order chi connectivity index (χ1) is 14.7. The molecule has 31 heavy (non-hydrogen) atoms. The lowest BCUT2D eigenvalue weighted by molar-refractivity contribution is 0.0179. The average Bonchev–Trinajstić information content (AvgIpc) is 2.77. The van der Waals surface area contributed by atoms with Crippen LogP contribution in [0.4, 0.5) is 4.39 Å². The van der Waals surface area contributed by atoms with Crippen molar-refractivity contribution in [2.45, 2.75) is 25.8 Å². The lowest BCUT2D eigenvalue weighted by Crippen LogP contribution is -2.42. The molecular formula is C22H38FIN4O3. The molecule has 9 heteroatoms. The van der Waals surface area contributed by atoms with Crippen LogP contribution in [-0.2, 0) is 14.2 Å². The molecule has 1 heterocycles.